The standard InChI is InChI=1S/C15H13N3O2.ClH/c1-11-10-13(12-6-3-2-4-7-12)17-18-15(11)16-9-5-8-14(19)20;/h2-4,6-7,10H,9H2,1H3,(H,16,18)(H,19,20);1H. The van der Waals surface area contributed by atoms with Crippen molar-refractivity contribution in [3.05, 3.63) is 42.0 Å². The predicted octanol–water partition coefficient (Wildman–Crippen LogP) is -1.62. The van der Waals surface area contributed by atoms with Crippen LogP contribution in [0.4, 0.5) is 5.82 Å². The van der Waals surface area contributed by atoms with E-state index in [0.717, 1.165) is 22.6 Å². The molecule has 1 aromatic heterocycles. The van der Waals surface area contributed by atoms with Crippen LogP contribution in [-0.2, 0) is 4.79 Å². The maximum absolute atomic E-state index is 10.3. The molecule has 2 aromatic rings. The van der Waals surface area contributed by atoms with Crippen LogP contribution in [0.1, 0.15) is 5.56 Å². The molecule has 0 bridgehead atoms. The monoisotopic (exact) mass is 303 g/mol. The highest BCUT2D eigenvalue weighted by Crippen LogP contribution is 2.17. The summed E-state index contributed by atoms with van der Waals surface area (Å²) in [7, 11) is 0. The molecule has 0 amide bonds. The van der Waals surface area contributed by atoms with E-state index in [1.165, 1.54) is 0 Å². The molecule has 0 spiro atoms. The summed E-state index contributed by atoms with van der Waals surface area (Å²) in [4.78, 5) is 10.3. The first-order valence-corrected chi connectivity index (χ1v) is 6.07. The van der Waals surface area contributed by atoms with E-state index in [2.05, 4.69) is 21.4 Å². The van der Waals surface area contributed by atoms with Gasteiger partial charge in [0.15, 0.2) is 0 Å². The third-order valence-electron chi connectivity index (χ3n) is 2.65. The highest BCUT2D eigenvalue weighted by molar-refractivity contribution is 5.86. The van der Waals surface area contributed by atoms with Gasteiger partial charge in [-0.2, -0.15) is 0 Å². The van der Waals surface area contributed by atoms with Crippen molar-refractivity contribution in [2.75, 3.05) is 11.9 Å². The summed E-state index contributed by atoms with van der Waals surface area (Å²) in [5, 5.41) is 18.6. The topological polar surface area (TPSA) is 76.4 Å². The first kappa shape index (κ1) is 16.5. The molecule has 1 aromatic carbocycles. The maximum Gasteiger partial charge on any atom is 0.382 e. The van der Waals surface area contributed by atoms with Crippen LogP contribution < -0.4 is 22.8 Å². The van der Waals surface area contributed by atoms with Gasteiger partial charge in [-0.15, -0.1) is 5.10 Å². The number of hydrogen-bond donors (Lipinski definition) is 2. The molecule has 0 aliphatic rings. The number of carbonyl (C=O) groups is 1. The Kier molecular flexibility index (Phi) is 6.18. The second-order valence-electron chi connectivity index (χ2n) is 4.14. The Labute approximate surface area is 128 Å². The Morgan fingerprint density at radius 2 is 2.10 bits per heavy atom. The van der Waals surface area contributed by atoms with E-state index in [4.69, 9.17) is 5.11 Å². The SMILES string of the molecule is Cc1cc(-c2ccccc2)n[nH+]c1NCC#CC(=O)O.[Cl-]. The average molecular weight is 304 g/mol. The second kappa shape index (κ2) is 7.88. The number of nitrogens with one attached hydrogen (secondary N) is 2. The van der Waals surface area contributed by atoms with Crippen molar-refractivity contribution >= 4 is 11.8 Å². The summed E-state index contributed by atoms with van der Waals surface area (Å²) in [6, 6.07) is 11.8. The van der Waals surface area contributed by atoms with E-state index in [-0.39, 0.29) is 19.0 Å². The van der Waals surface area contributed by atoms with E-state index in [1.54, 1.807) is 0 Å². The molecule has 2 rings (SSSR count). The summed E-state index contributed by atoms with van der Waals surface area (Å²) in [6.07, 6.45) is 0. The van der Waals surface area contributed by atoms with Crippen LogP contribution in [0.3, 0.4) is 0 Å². The zero-order chi connectivity index (χ0) is 14.4. The Hall–Kier alpha value is -2.58. The molecule has 0 unspecified atom stereocenters. The smallest absolute Gasteiger partial charge is 0.382 e. The third-order valence-corrected chi connectivity index (χ3v) is 2.65. The summed E-state index contributed by atoms with van der Waals surface area (Å²) in [6.45, 7) is 2.19. The fourth-order valence-corrected chi connectivity index (χ4v) is 1.70. The van der Waals surface area contributed by atoms with Crippen molar-refractivity contribution < 1.29 is 27.4 Å². The number of carboxylic acids is 1. The molecule has 0 atom stereocenters. The van der Waals surface area contributed by atoms with E-state index in [1.807, 2.05) is 49.2 Å². The molecular formula is C15H14ClN3O2. The minimum atomic E-state index is -1.13. The van der Waals surface area contributed by atoms with Gasteiger partial charge in [0.05, 0.1) is 0 Å². The van der Waals surface area contributed by atoms with Gasteiger partial charge < -0.3 is 17.5 Å². The number of aromatic amines is 1. The maximum atomic E-state index is 10.3. The molecule has 108 valence electrons. The fraction of sp³-hybridized carbons (Fsp3) is 0.133. The van der Waals surface area contributed by atoms with Crippen molar-refractivity contribution in [2.24, 2.45) is 0 Å². The molecule has 6 heteroatoms. The van der Waals surface area contributed by atoms with E-state index >= 15 is 0 Å². The number of aliphatic carboxylic acids is 1. The van der Waals surface area contributed by atoms with Gasteiger partial charge >= 0.3 is 5.97 Å². The van der Waals surface area contributed by atoms with E-state index in [0.29, 0.717) is 0 Å². The molecule has 0 fully saturated rings. The number of hydrogen-bond acceptors (Lipinski definition) is 3. The highest BCUT2D eigenvalue weighted by atomic mass is 35.5. The fourth-order valence-electron chi connectivity index (χ4n) is 1.70. The van der Waals surface area contributed by atoms with Gasteiger partial charge in [-0.1, -0.05) is 35.4 Å². The van der Waals surface area contributed by atoms with Crippen LogP contribution in [0, 0.1) is 18.8 Å². The van der Waals surface area contributed by atoms with Gasteiger partial charge in [-0.25, -0.2) is 4.79 Å². The quantitative estimate of drug-likeness (QED) is 0.668. The average Bonchev–Trinajstić information content (AvgIpc) is 2.45. The molecule has 0 saturated heterocycles. The van der Waals surface area contributed by atoms with Gasteiger partial charge in [0.1, 0.15) is 12.2 Å². The molecule has 1 heterocycles. The number of anilines is 1. The van der Waals surface area contributed by atoms with Crippen molar-refractivity contribution in [1.82, 2.24) is 5.10 Å². The number of aromatic nitrogens is 2. The van der Waals surface area contributed by atoms with Crippen LogP contribution in [0.2, 0.25) is 0 Å². The molecule has 5 nitrogen and oxygen atoms in total. The van der Waals surface area contributed by atoms with E-state index in [9.17, 15) is 4.79 Å². The lowest BCUT2D eigenvalue weighted by atomic mass is 10.1. The summed E-state index contributed by atoms with van der Waals surface area (Å²) in [5.74, 6) is 4.13. The molecular weight excluding hydrogens is 290 g/mol. The number of H-pyrrole nitrogens is 1. The lowest BCUT2D eigenvalue weighted by Gasteiger charge is -2.02. The first-order chi connectivity index (χ1) is 9.66. The normalized spacial score (nSPS) is 9.00. The van der Waals surface area contributed by atoms with Gasteiger partial charge in [0.25, 0.3) is 5.82 Å². The van der Waals surface area contributed by atoms with Crippen LogP contribution >= 0.6 is 0 Å². The van der Waals surface area contributed by atoms with Crippen LogP contribution in [0.25, 0.3) is 11.3 Å². The summed E-state index contributed by atoms with van der Waals surface area (Å²) >= 11 is 0. The van der Waals surface area contributed by atoms with Gasteiger partial charge in [-0.05, 0) is 18.9 Å². The number of benzene rings is 1. The number of carboxylic acid groups (broad SMARTS) is 1. The molecule has 3 N–H and O–H groups in total. The first-order valence-electron chi connectivity index (χ1n) is 6.07. The van der Waals surface area contributed by atoms with Gasteiger partial charge in [-0.3, -0.25) is 5.32 Å². The minimum Gasteiger partial charge on any atom is -1.00 e. The molecule has 0 aliphatic heterocycles. The largest absolute Gasteiger partial charge is 1.00 e. The van der Waals surface area contributed by atoms with Gasteiger partial charge in [0.2, 0.25) is 0 Å². The van der Waals surface area contributed by atoms with Crippen LogP contribution in [-0.4, -0.2) is 22.7 Å². The summed E-state index contributed by atoms with van der Waals surface area (Å²) in [5.41, 5.74) is 2.87. The zero-order valence-corrected chi connectivity index (χ0v) is 12.1. The van der Waals surface area contributed by atoms with Crippen molar-refractivity contribution in [2.45, 2.75) is 6.92 Å². The van der Waals surface area contributed by atoms with Crippen molar-refractivity contribution in [1.29, 1.82) is 0 Å². The Balaban J connectivity index is 0.00000220. The molecule has 0 radical (unpaired) electrons. The number of nitrogens with zero attached hydrogens (tertiary/aromatic N) is 1. The lowest BCUT2D eigenvalue weighted by molar-refractivity contribution is -0.438. The highest BCUT2D eigenvalue weighted by Gasteiger charge is 2.09. The molecule has 0 saturated carbocycles. The van der Waals surface area contributed by atoms with Gasteiger partial charge in [0, 0.05) is 17.0 Å². The van der Waals surface area contributed by atoms with Crippen molar-refractivity contribution in [3.63, 3.8) is 0 Å². The summed E-state index contributed by atoms with van der Waals surface area (Å²) < 4.78 is 0. The number of rotatable bonds is 3. The van der Waals surface area contributed by atoms with Crippen LogP contribution in [0.15, 0.2) is 36.4 Å². The van der Waals surface area contributed by atoms with E-state index < -0.39 is 5.97 Å². The lowest BCUT2D eigenvalue weighted by Crippen LogP contribution is -3.00. The molecule has 21 heavy (non-hydrogen) atoms. The Morgan fingerprint density at radius 1 is 1.38 bits per heavy atom. The van der Waals surface area contributed by atoms with Crippen LogP contribution in [0.5, 0.6) is 0 Å². The number of halogens is 1. The number of aryl methyl sites for hydroxylation is 1. The predicted molar refractivity (Wildman–Crippen MR) is 74.9 cm³/mol. The molecule has 0 aliphatic carbocycles. The second-order valence-corrected chi connectivity index (χ2v) is 4.14. The van der Waals surface area contributed by atoms with Crippen molar-refractivity contribution in [3.8, 4) is 23.1 Å². The minimum absolute atomic E-state index is 0. The third kappa shape index (κ3) is 4.79. The zero-order valence-electron chi connectivity index (χ0n) is 11.4. The Bertz CT molecular complexity index is 678. The Morgan fingerprint density at radius 3 is 2.71 bits per heavy atom.